The molecule has 0 radical (unpaired) electrons. The summed E-state index contributed by atoms with van der Waals surface area (Å²) in [5.74, 6) is -0.924. The Hall–Kier alpha value is -3.40. The van der Waals surface area contributed by atoms with Crippen LogP contribution >= 0.6 is 0 Å². The summed E-state index contributed by atoms with van der Waals surface area (Å²) in [6.45, 7) is 2.58. The molecule has 2 fully saturated rings. The van der Waals surface area contributed by atoms with Crippen LogP contribution in [0.25, 0.3) is 10.9 Å². The maximum Gasteiger partial charge on any atom is 0.319 e. The minimum absolute atomic E-state index is 0.240. The molecule has 0 unspecified atom stereocenters. The molecule has 6 N–H and O–H groups in total. The van der Waals surface area contributed by atoms with Crippen LogP contribution in [0.5, 0.6) is 0 Å². The first kappa shape index (κ1) is 24.7. The molecule has 35 heavy (non-hydrogen) atoms. The molecule has 1 saturated heterocycles. The quantitative estimate of drug-likeness (QED) is 0.376. The van der Waals surface area contributed by atoms with E-state index in [1.54, 1.807) is 0 Å². The van der Waals surface area contributed by atoms with Crippen molar-refractivity contribution in [3.63, 3.8) is 0 Å². The molecular formula is C25H34N6O4. The highest BCUT2D eigenvalue weighted by molar-refractivity contribution is 6.02. The van der Waals surface area contributed by atoms with Gasteiger partial charge in [-0.25, -0.2) is 4.79 Å². The van der Waals surface area contributed by atoms with Crippen molar-refractivity contribution < 1.29 is 19.2 Å². The molecule has 1 aliphatic heterocycles. The van der Waals surface area contributed by atoms with Gasteiger partial charge in [0.15, 0.2) is 0 Å². The number of nitrogens with zero attached hydrogens (tertiary/aromatic N) is 1. The van der Waals surface area contributed by atoms with Gasteiger partial charge in [-0.1, -0.05) is 31.5 Å². The molecule has 4 atom stereocenters. The molecule has 4 rings (SSSR count). The number of aromatic amines is 1. The van der Waals surface area contributed by atoms with Crippen molar-refractivity contribution in [1.82, 2.24) is 25.8 Å². The van der Waals surface area contributed by atoms with Crippen molar-refractivity contribution in [3.05, 3.63) is 36.0 Å². The van der Waals surface area contributed by atoms with E-state index in [0.717, 1.165) is 47.0 Å². The molecule has 0 spiro atoms. The topological polar surface area (TPSA) is 149 Å². The van der Waals surface area contributed by atoms with Gasteiger partial charge in [-0.15, -0.1) is 0 Å². The Morgan fingerprint density at radius 1 is 1.14 bits per heavy atom. The number of hydrogen-bond acceptors (Lipinski definition) is 5. The first-order valence-corrected chi connectivity index (χ1v) is 12.3. The van der Waals surface area contributed by atoms with Crippen molar-refractivity contribution in [3.8, 4) is 0 Å². The predicted molar refractivity (Wildman–Crippen MR) is 131 cm³/mol. The highest BCUT2D eigenvalue weighted by Gasteiger charge is 2.34. The van der Waals surface area contributed by atoms with Crippen LogP contribution in [-0.2, 0) is 14.4 Å². The molecular weight excluding hydrogens is 448 g/mol. The molecule has 2 heterocycles. The van der Waals surface area contributed by atoms with Crippen LogP contribution in [0.2, 0.25) is 0 Å². The van der Waals surface area contributed by atoms with E-state index in [4.69, 9.17) is 5.73 Å². The summed E-state index contributed by atoms with van der Waals surface area (Å²) < 4.78 is 0. The van der Waals surface area contributed by atoms with E-state index in [9.17, 15) is 19.2 Å². The van der Waals surface area contributed by atoms with Gasteiger partial charge < -0.3 is 26.3 Å². The lowest BCUT2D eigenvalue weighted by Crippen LogP contribution is -2.59. The third kappa shape index (κ3) is 5.82. The van der Waals surface area contributed by atoms with Gasteiger partial charge >= 0.3 is 6.03 Å². The number of aromatic nitrogens is 1. The van der Waals surface area contributed by atoms with Crippen LogP contribution < -0.4 is 21.7 Å². The van der Waals surface area contributed by atoms with Crippen molar-refractivity contribution in [1.29, 1.82) is 0 Å². The van der Waals surface area contributed by atoms with Gasteiger partial charge in [0, 0.05) is 29.6 Å². The summed E-state index contributed by atoms with van der Waals surface area (Å²) in [5.41, 5.74) is 7.70. The van der Waals surface area contributed by atoms with Crippen molar-refractivity contribution in [2.24, 2.45) is 17.6 Å². The lowest BCUT2D eigenvalue weighted by atomic mass is 9.81. The summed E-state index contributed by atoms with van der Waals surface area (Å²) in [4.78, 5) is 54.3. The Morgan fingerprint density at radius 2 is 1.86 bits per heavy atom. The van der Waals surface area contributed by atoms with Gasteiger partial charge in [0.05, 0.1) is 0 Å². The second-order valence-electron chi connectivity index (χ2n) is 9.71. The molecule has 5 amide bonds. The fraction of sp³-hybridized carbons (Fsp3) is 0.520. The number of rotatable bonds is 7. The molecule has 1 aliphatic carbocycles. The second kappa shape index (κ2) is 10.9. The average Bonchev–Trinajstić information content (AvgIpc) is 3.29. The van der Waals surface area contributed by atoms with Crippen molar-refractivity contribution >= 4 is 34.7 Å². The zero-order valence-electron chi connectivity index (χ0n) is 20.0. The normalized spacial score (nSPS) is 22.4. The Kier molecular flexibility index (Phi) is 7.70. The van der Waals surface area contributed by atoms with Crippen LogP contribution in [-0.4, -0.2) is 65.9 Å². The number of amides is 5. The largest absolute Gasteiger partial charge is 0.361 e. The molecule has 2 aromatic rings. The number of urea groups is 1. The summed E-state index contributed by atoms with van der Waals surface area (Å²) in [7, 11) is 0. The molecule has 1 aromatic heterocycles. The fourth-order valence-corrected chi connectivity index (χ4v) is 5.23. The maximum absolute atomic E-state index is 13.4. The van der Waals surface area contributed by atoms with E-state index in [2.05, 4.69) is 20.9 Å². The number of piperazine rings is 1. The Labute approximate surface area is 204 Å². The van der Waals surface area contributed by atoms with Crippen LogP contribution in [0.15, 0.2) is 30.5 Å². The summed E-state index contributed by atoms with van der Waals surface area (Å²) in [5, 5.41) is 8.99. The van der Waals surface area contributed by atoms with E-state index in [-0.39, 0.29) is 24.9 Å². The summed E-state index contributed by atoms with van der Waals surface area (Å²) in [6, 6.07) is 6.26. The lowest BCUT2D eigenvalue weighted by molar-refractivity contribution is -0.134. The zero-order chi connectivity index (χ0) is 24.9. The van der Waals surface area contributed by atoms with E-state index >= 15 is 0 Å². The minimum Gasteiger partial charge on any atom is -0.361 e. The second-order valence-corrected chi connectivity index (χ2v) is 9.71. The third-order valence-electron chi connectivity index (χ3n) is 7.20. The van der Waals surface area contributed by atoms with Gasteiger partial charge in [0.1, 0.15) is 19.1 Å². The molecule has 0 bridgehead atoms. The van der Waals surface area contributed by atoms with Crippen LogP contribution in [0, 0.1) is 11.8 Å². The number of imide groups is 1. The molecule has 10 heteroatoms. The standard InChI is InChI=1S/C25H34N6O4/c1-15(19-12-27-20-8-3-2-7-18(19)20)23(30-25(35)31-13-21(32)29-22(33)14-31)24(34)28-11-17-6-4-5-16(9-17)10-26/h2-3,7-8,12,15-17,23,27H,4-6,9-11,13-14,26H2,1H3,(H,28,34)(H,30,35)(H,29,32,33)/t15-,16+,17-,23+/m0/s1. The first-order valence-electron chi connectivity index (χ1n) is 12.3. The molecule has 188 valence electrons. The van der Waals surface area contributed by atoms with E-state index < -0.39 is 23.9 Å². The zero-order valence-corrected chi connectivity index (χ0v) is 20.0. The molecule has 1 aromatic carbocycles. The monoisotopic (exact) mass is 482 g/mol. The number of hydrogen-bond donors (Lipinski definition) is 5. The van der Waals surface area contributed by atoms with E-state index in [1.165, 1.54) is 0 Å². The van der Waals surface area contributed by atoms with Gasteiger partial charge in [-0.3, -0.25) is 19.7 Å². The number of fused-ring (bicyclic) bond motifs is 1. The first-order chi connectivity index (χ1) is 16.9. The van der Waals surface area contributed by atoms with Crippen molar-refractivity contribution in [2.75, 3.05) is 26.2 Å². The van der Waals surface area contributed by atoms with E-state index in [1.807, 2.05) is 37.4 Å². The number of H-pyrrole nitrogens is 1. The molecule has 2 aliphatic rings. The predicted octanol–water partition coefficient (Wildman–Crippen LogP) is 1.19. The number of nitrogens with two attached hydrogens (primary N) is 1. The van der Waals surface area contributed by atoms with Crippen LogP contribution in [0.3, 0.4) is 0 Å². The Balaban J connectivity index is 1.51. The number of carbonyl (C=O) groups excluding carboxylic acids is 4. The van der Waals surface area contributed by atoms with Gasteiger partial charge in [-0.2, -0.15) is 0 Å². The van der Waals surface area contributed by atoms with Gasteiger partial charge in [-0.05, 0) is 49.3 Å². The van der Waals surface area contributed by atoms with Crippen LogP contribution in [0.4, 0.5) is 4.79 Å². The minimum atomic E-state index is -0.893. The lowest BCUT2D eigenvalue weighted by Gasteiger charge is -2.31. The van der Waals surface area contributed by atoms with E-state index in [0.29, 0.717) is 24.9 Å². The average molecular weight is 483 g/mol. The number of para-hydroxylation sites is 1. The van der Waals surface area contributed by atoms with Crippen LogP contribution in [0.1, 0.15) is 44.1 Å². The summed E-state index contributed by atoms with van der Waals surface area (Å²) in [6.07, 6.45) is 6.10. The number of nitrogens with one attached hydrogen (secondary N) is 4. The SMILES string of the molecule is C[C@@H](c1c[nH]c2ccccc12)[C@@H](NC(=O)N1CC(=O)NC(=O)C1)C(=O)NC[C@H]1CCC[C@@H](CN)C1. The highest BCUT2D eigenvalue weighted by Crippen LogP contribution is 2.29. The highest BCUT2D eigenvalue weighted by atomic mass is 16.2. The Bertz CT molecular complexity index is 1080. The Morgan fingerprint density at radius 3 is 2.60 bits per heavy atom. The fourth-order valence-electron chi connectivity index (χ4n) is 5.23. The molecule has 10 nitrogen and oxygen atoms in total. The smallest absolute Gasteiger partial charge is 0.319 e. The summed E-state index contributed by atoms with van der Waals surface area (Å²) >= 11 is 0. The third-order valence-corrected chi connectivity index (χ3v) is 7.20. The molecule has 1 saturated carbocycles. The van der Waals surface area contributed by atoms with Crippen molar-refractivity contribution in [2.45, 2.75) is 44.6 Å². The number of benzene rings is 1. The number of carbonyl (C=O) groups is 4. The maximum atomic E-state index is 13.4. The van der Waals surface area contributed by atoms with Gasteiger partial charge in [0.2, 0.25) is 17.7 Å². The van der Waals surface area contributed by atoms with Gasteiger partial charge in [0.25, 0.3) is 0 Å².